The number of carbonyl (C=O) groups excluding carboxylic acids is 2. The largest absolute Gasteiger partial charge is 0.484 e. The van der Waals surface area contributed by atoms with Gasteiger partial charge in [-0.3, -0.25) is 25.0 Å². The lowest BCUT2D eigenvalue weighted by Gasteiger charge is -2.10. The Kier molecular flexibility index (Phi) is 6.46. The maximum absolute atomic E-state index is 12.3. The third-order valence-corrected chi connectivity index (χ3v) is 4.95. The van der Waals surface area contributed by atoms with E-state index < -0.39 is 5.91 Å². The Hall–Kier alpha value is -4.13. The van der Waals surface area contributed by atoms with Crippen LogP contribution in [-0.4, -0.2) is 28.0 Å². The van der Waals surface area contributed by atoms with Crippen LogP contribution in [-0.2, 0) is 16.0 Å². The molecule has 0 radical (unpaired) electrons. The second-order valence-corrected chi connectivity index (χ2v) is 7.39. The summed E-state index contributed by atoms with van der Waals surface area (Å²) in [5, 5.41) is 0. The number of fused-ring (bicyclic) bond motifs is 1. The van der Waals surface area contributed by atoms with Crippen LogP contribution in [0.5, 0.6) is 5.75 Å². The summed E-state index contributed by atoms with van der Waals surface area (Å²) in [6.45, 7) is 1.79. The lowest BCUT2D eigenvalue weighted by molar-refractivity contribution is -0.130. The molecule has 0 saturated carbocycles. The lowest BCUT2D eigenvalue weighted by atomic mass is 10.2. The van der Waals surface area contributed by atoms with Crippen LogP contribution < -0.4 is 15.6 Å². The van der Waals surface area contributed by atoms with Crippen molar-refractivity contribution in [2.45, 2.75) is 19.8 Å². The van der Waals surface area contributed by atoms with Gasteiger partial charge < -0.3 is 4.74 Å². The zero-order valence-corrected chi connectivity index (χ0v) is 17.7. The van der Waals surface area contributed by atoms with E-state index in [1.165, 1.54) is 0 Å². The number of aryl methyl sites for hydroxylation is 2. The first-order chi connectivity index (χ1) is 15.6. The predicted molar refractivity (Wildman–Crippen MR) is 122 cm³/mol. The molecule has 2 amide bonds. The second kappa shape index (κ2) is 9.78. The first-order valence-corrected chi connectivity index (χ1v) is 10.4. The summed E-state index contributed by atoms with van der Waals surface area (Å²) >= 11 is 0. The number of benzene rings is 3. The zero-order valence-electron chi connectivity index (χ0n) is 17.7. The minimum atomic E-state index is -0.435. The van der Waals surface area contributed by atoms with E-state index in [0.717, 1.165) is 28.1 Å². The van der Waals surface area contributed by atoms with Crippen LogP contribution in [0.2, 0.25) is 0 Å². The average Bonchev–Trinajstić information content (AvgIpc) is 3.20. The molecule has 0 bridgehead atoms. The number of aromatic nitrogens is 2. The van der Waals surface area contributed by atoms with Crippen LogP contribution in [0.1, 0.15) is 17.8 Å². The highest BCUT2D eigenvalue weighted by Gasteiger charge is 2.14. The number of rotatable bonds is 7. The number of nitrogens with one attached hydrogen (secondary N) is 2. The van der Waals surface area contributed by atoms with Crippen molar-refractivity contribution in [3.63, 3.8) is 0 Å². The molecular formula is C25H24N4O3. The molecule has 0 saturated heterocycles. The summed E-state index contributed by atoms with van der Waals surface area (Å²) in [7, 11) is 0. The van der Waals surface area contributed by atoms with Crippen molar-refractivity contribution in [1.29, 1.82) is 0 Å². The summed E-state index contributed by atoms with van der Waals surface area (Å²) in [6.07, 6.45) is 0.598. The Balaban J connectivity index is 1.33. The van der Waals surface area contributed by atoms with Gasteiger partial charge >= 0.3 is 0 Å². The first kappa shape index (κ1) is 21.1. The summed E-state index contributed by atoms with van der Waals surface area (Å²) < 4.78 is 7.46. The van der Waals surface area contributed by atoms with Gasteiger partial charge in [0.05, 0.1) is 11.0 Å². The van der Waals surface area contributed by atoms with E-state index in [2.05, 4.69) is 15.4 Å². The molecule has 4 rings (SSSR count). The van der Waals surface area contributed by atoms with Gasteiger partial charge in [0.1, 0.15) is 11.6 Å². The number of para-hydroxylation sites is 3. The van der Waals surface area contributed by atoms with Crippen molar-refractivity contribution in [2.75, 3.05) is 6.61 Å². The van der Waals surface area contributed by atoms with E-state index in [1.807, 2.05) is 73.7 Å². The number of hydrogen-bond donors (Lipinski definition) is 2. The maximum Gasteiger partial charge on any atom is 0.276 e. The molecule has 2 N–H and O–H groups in total. The molecule has 4 aromatic rings. The Morgan fingerprint density at radius 1 is 0.875 bits per heavy atom. The van der Waals surface area contributed by atoms with E-state index >= 15 is 0 Å². The molecule has 0 aliphatic rings. The molecule has 0 fully saturated rings. The Morgan fingerprint density at radius 3 is 2.34 bits per heavy atom. The fraction of sp³-hybridized carbons (Fsp3) is 0.160. The molecule has 1 heterocycles. The quantitative estimate of drug-likeness (QED) is 0.441. The highest BCUT2D eigenvalue weighted by molar-refractivity contribution is 5.83. The van der Waals surface area contributed by atoms with Crippen molar-refractivity contribution in [3.8, 4) is 11.4 Å². The fourth-order valence-electron chi connectivity index (χ4n) is 3.36. The molecule has 1 aromatic heterocycles. The second-order valence-electron chi connectivity index (χ2n) is 7.39. The summed E-state index contributed by atoms with van der Waals surface area (Å²) in [4.78, 5) is 28.9. The van der Waals surface area contributed by atoms with Crippen LogP contribution >= 0.6 is 0 Å². The van der Waals surface area contributed by atoms with Gasteiger partial charge in [0, 0.05) is 18.5 Å². The molecule has 0 unspecified atom stereocenters. The summed E-state index contributed by atoms with van der Waals surface area (Å²) in [5.41, 5.74) is 8.76. The van der Waals surface area contributed by atoms with Crippen molar-refractivity contribution >= 4 is 22.8 Å². The van der Waals surface area contributed by atoms with Gasteiger partial charge in [0.25, 0.3) is 5.91 Å². The van der Waals surface area contributed by atoms with Gasteiger partial charge in [-0.05, 0) is 43.3 Å². The van der Waals surface area contributed by atoms with E-state index in [0.29, 0.717) is 12.2 Å². The number of hydrazine groups is 1. The molecule has 0 atom stereocenters. The third-order valence-electron chi connectivity index (χ3n) is 4.95. The Bertz CT molecular complexity index is 1220. The number of amides is 2. The zero-order chi connectivity index (χ0) is 22.3. The summed E-state index contributed by atoms with van der Waals surface area (Å²) in [6, 6.07) is 25.2. The van der Waals surface area contributed by atoms with Gasteiger partial charge in [0.2, 0.25) is 5.91 Å². The van der Waals surface area contributed by atoms with Crippen LogP contribution in [0.15, 0.2) is 78.9 Å². The number of imidazole rings is 1. The van der Waals surface area contributed by atoms with Gasteiger partial charge in [0.15, 0.2) is 6.61 Å². The summed E-state index contributed by atoms with van der Waals surface area (Å²) in [5.74, 6) is 0.634. The highest BCUT2D eigenvalue weighted by Crippen LogP contribution is 2.22. The van der Waals surface area contributed by atoms with E-state index in [4.69, 9.17) is 9.72 Å². The van der Waals surface area contributed by atoms with E-state index in [1.54, 1.807) is 12.1 Å². The van der Waals surface area contributed by atoms with E-state index in [9.17, 15) is 9.59 Å². The van der Waals surface area contributed by atoms with Gasteiger partial charge in [-0.25, -0.2) is 4.98 Å². The lowest BCUT2D eigenvalue weighted by Crippen LogP contribution is -2.43. The van der Waals surface area contributed by atoms with Crippen LogP contribution in [0, 0.1) is 6.92 Å². The molecular weight excluding hydrogens is 404 g/mol. The average molecular weight is 428 g/mol. The van der Waals surface area contributed by atoms with Crippen molar-refractivity contribution in [3.05, 3.63) is 90.3 Å². The molecule has 0 aliphatic carbocycles. The minimum absolute atomic E-state index is 0.176. The third kappa shape index (κ3) is 5.13. The molecule has 7 nitrogen and oxygen atoms in total. The molecule has 7 heteroatoms. The molecule has 32 heavy (non-hydrogen) atoms. The Labute approximate surface area is 186 Å². The molecule has 3 aromatic carbocycles. The van der Waals surface area contributed by atoms with Crippen LogP contribution in [0.25, 0.3) is 16.7 Å². The van der Waals surface area contributed by atoms with Gasteiger partial charge in [-0.15, -0.1) is 0 Å². The number of nitrogens with zero attached hydrogens (tertiary/aromatic N) is 2. The first-order valence-electron chi connectivity index (χ1n) is 10.4. The number of ether oxygens (including phenoxy) is 1. The smallest absolute Gasteiger partial charge is 0.276 e. The monoisotopic (exact) mass is 428 g/mol. The molecule has 162 valence electrons. The topological polar surface area (TPSA) is 85.2 Å². The standard InChI is InChI=1S/C25H24N4O3/c1-18-11-13-20(14-12-18)32-17-25(31)28-27-24(30)16-15-23-26-21-9-5-6-10-22(21)29(23)19-7-3-2-4-8-19/h2-14H,15-17H2,1H3,(H,27,30)(H,28,31). The number of carbonyl (C=O) groups is 2. The minimum Gasteiger partial charge on any atom is -0.484 e. The molecule has 0 aliphatic heterocycles. The molecule has 0 spiro atoms. The fourth-order valence-corrected chi connectivity index (χ4v) is 3.36. The van der Waals surface area contributed by atoms with E-state index in [-0.39, 0.29) is 18.9 Å². The highest BCUT2D eigenvalue weighted by atomic mass is 16.5. The van der Waals surface area contributed by atoms with Gasteiger partial charge in [-0.1, -0.05) is 48.0 Å². The predicted octanol–water partition coefficient (Wildman–Crippen LogP) is 3.49. The SMILES string of the molecule is Cc1ccc(OCC(=O)NNC(=O)CCc2nc3ccccc3n2-c2ccccc2)cc1. The van der Waals surface area contributed by atoms with Gasteiger partial charge in [-0.2, -0.15) is 0 Å². The van der Waals surface area contributed by atoms with Crippen molar-refractivity contribution in [2.24, 2.45) is 0 Å². The number of hydrogen-bond acceptors (Lipinski definition) is 4. The van der Waals surface area contributed by atoms with Crippen molar-refractivity contribution in [1.82, 2.24) is 20.4 Å². The normalized spacial score (nSPS) is 10.7. The Morgan fingerprint density at radius 2 is 1.56 bits per heavy atom. The van der Waals surface area contributed by atoms with Crippen molar-refractivity contribution < 1.29 is 14.3 Å². The maximum atomic E-state index is 12.3. The van der Waals surface area contributed by atoms with Crippen LogP contribution in [0.4, 0.5) is 0 Å². The van der Waals surface area contributed by atoms with Crippen LogP contribution in [0.3, 0.4) is 0 Å².